The molecule has 0 fully saturated rings. The van der Waals surface area contributed by atoms with Crippen LogP contribution >= 0.6 is 23.2 Å². The molecule has 0 saturated heterocycles. The van der Waals surface area contributed by atoms with E-state index in [2.05, 4.69) is 19.2 Å². The molecule has 0 saturated carbocycles. The van der Waals surface area contributed by atoms with Crippen LogP contribution in [0.3, 0.4) is 0 Å². The molecule has 0 aliphatic rings. The third-order valence-corrected chi connectivity index (χ3v) is 4.01. The standard InChI is InChI=1S/C19H16Cl2N2O/c1-12(2)14-5-3-13(4-6-14)9-15(11-22)19(24)23-18-8-7-16(20)10-17(18)21/h3-10,12H,1-2H3,(H,23,24)/b15-9+. The second kappa shape index (κ2) is 8.01. The summed E-state index contributed by atoms with van der Waals surface area (Å²) in [6.45, 7) is 4.21. The third kappa shape index (κ3) is 4.61. The van der Waals surface area contributed by atoms with E-state index in [1.165, 1.54) is 11.6 Å². The number of carbonyl (C=O) groups is 1. The molecule has 0 aliphatic heterocycles. The van der Waals surface area contributed by atoms with E-state index in [4.69, 9.17) is 23.2 Å². The van der Waals surface area contributed by atoms with Crippen molar-refractivity contribution >= 4 is 40.9 Å². The van der Waals surface area contributed by atoms with E-state index in [0.29, 0.717) is 21.7 Å². The Labute approximate surface area is 151 Å². The predicted molar refractivity (Wildman–Crippen MR) is 99.2 cm³/mol. The molecule has 2 aromatic carbocycles. The van der Waals surface area contributed by atoms with Gasteiger partial charge in [-0.1, -0.05) is 61.3 Å². The summed E-state index contributed by atoms with van der Waals surface area (Å²) in [5.41, 5.74) is 2.39. The molecule has 0 heterocycles. The molecule has 5 heteroatoms. The summed E-state index contributed by atoms with van der Waals surface area (Å²) < 4.78 is 0. The Morgan fingerprint density at radius 2 is 1.83 bits per heavy atom. The van der Waals surface area contributed by atoms with Gasteiger partial charge in [0.15, 0.2) is 0 Å². The van der Waals surface area contributed by atoms with Crippen LogP contribution in [0, 0.1) is 11.3 Å². The summed E-state index contributed by atoms with van der Waals surface area (Å²) in [6.07, 6.45) is 1.54. The molecular formula is C19H16Cl2N2O. The molecule has 0 radical (unpaired) electrons. The van der Waals surface area contributed by atoms with Crippen LogP contribution < -0.4 is 5.32 Å². The highest BCUT2D eigenvalue weighted by Gasteiger charge is 2.12. The van der Waals surface area contributed by atoms with Gasteiger partial charge in [-0.15, -0.1) is 0 Å². The summed E-state index contributed by atoms with van der Waals surface area (Å²) in [6, 6.07) is 14.4. The zero-order chi connectivity index (χ0) is 17.7. The number of halogens is 2. The van der Waals surface area contributed by atoms with E-state index in [1.54, 1.807) is 18.2 Å². The van der Waals surface area contributed by atoms with Crippen LogP contribution in [0.1, 0.15) is 30.9 Å². The van der Waals surface area contributed by atoms with Gasteiger partial charge in [-0.25, -0.2) is 0 Å². The van der Waals surface area contributed by atoms with Crippen molar-refractivity contribution < 1.29 is 4.79 Å². The van der Waals surface area contributed by atoms with Gasteiger partial charge in [-0.3, -0.25) is 4.79 Å². The van der Waals surface area contributed by atoms with Gasteiger partial charge in [0.25, 0.3) is 5.91 Å². The molecule has 0 aliphatic carbocycles. The normalized spacial score (nSPS) is 11.2. The minimum atomic E-state index is -0.519. The van der Waals surface area contributed by atoms with Crippen molar-refractivity contribution in [3.63, 3.8) is 0 Å². The fourth-order valence-corrected chi connectivity index (χ4v) is 2.53. The molecule has 2 rings (SSSR count). The number of rotatable bonds is 4. The van der Waals surface area contributed by atoms with Gasteiger partial charge >= 0.3 is 0 Å². The molecule has 3 nitrogen and oxygen atoms in total. The number of amides is 1. The van der Waals surface area contributed by atoms with Crippen molar-refractivity contribution in [2.45, 2.75) is 19.8 Å². The molecular weight excluding hydrogens is 343 g/mol. The molecule has 0 spiro atoms. The molecule has 122 valence electrons. The van der Waals surface area contributed by atoms with Gasteiger partial charge in [0, 0.05) is 5.02 Å². The van der Waals surface area contributed by atoms with Crippen molar-refractivity contribution in [3.8, 4) is 6.07 Å². The first-order valence-electron chi connectivity index (χ1n) is 7.39. The number of hydrogen-bond acceptors (Lipinski definition) is 2. The smallest absolute Gasteiger partial charge is 0.266 e. The fraction of sp³-hybridized carbons (Fsp3) is 0.158. The van der Waals surface area contributed by atoms with Crippen LogP contribution in [0.5, 0.6) is 0 Å². The Morgan fingerprint density at radius 3 is 2.38 bits per heavy atom. The lowest BCUT2D eigenvalue weighted by Gasteiger charge is -2.07. The first-order chi connectivity index (χ1) is 11.4. The summed E-state index contributed by atoms with van der Waals surface area (Å²) in [5.74, 6) is -0.0940. The molecule has 1 amide bonds. The van der Waals surface area contributed by atoms with Crippen molar-refractivity contribution in [2.24, 2.45) is 0 Å². The molecule has 0 atom stereocenters. The van der Waals surface area contributed by atoms with E-state index >= 15 is 0 Å². The second-order valence-corrected chi connectivity index (χ2v) is 6.41. The summed E-state index contributed by atoms with van der Waals surface area (Å²) in [5, 5.41) is 12.7. The molecule has 0 bridgehead atoms. The van der Waals surface area contributed by atoms with E-state index < -0.39 is 5.91 Å². The number of nitriles is 1. The first kappa shape index (κ1) is 18.1. The Hall–Kier alpha value is -2.28. The largest absolute Gasteiger partial charge is 0.320 e. The van der Waals surface area contributed by atoms with Crippen LogP contribution in [-0.4, -0.2) is 5.91 Å². The van der Waals surface area contributed by atoms with Crippen LogP contribution in [0.4, 0.5) is 5.69 Å². The van der Waals surface area contributed by atoms with Crippen molar-refractivity contribution in [1.29, 1.82) is 5.26 Å². The monoisotopic (exact) mass is 358 g/mol. The number of carbonyl (C=O) groups excluding carboxylic acids is 1. The van der Waals surface area contributed by atoms with Gasteiger partial charge in [0.1, 0.15) is 11.6 Å². The highest BCUT2D eigenvalue weighted by Crippen LogP contribution is 2.26. The highest BCUT2D eigenvalue weighted by molar-refractivity contribution is 6.36. The van der Waals surface area contributed by atoms with Gasteiger partial charge in [-0.05, 0) is 41.3 Å². The van der Waals surface area contributed by atoms with E-state index in [-0.39, 0.29) is 5.57 Å². The molecule has 0 unspecified atom stereocenters. The van der Waals surface area contributed by atoms with Crippen LogP contribution in [0.2, 0.25) is 10.0 Å². The van der Waals surface area contributed by atoms with Crippen LogP contribution in [0.15, 0.2) is 48.0 Å². The molecule has 24 heavy (non-hydrogen) atoms. The zero-order valence-corrected chi connectivity index (χ0v) is 14.8. The van der Waals surface area contributed by atoms with Crippen molar-refractivity contribution in [3.05, 3.63) is 69.2 Å². The van der Waals surface area contributed by atoms with E-state index in [0.717, 1.165) is 5.56 Å². The lowest BCUT2D eigenvalue weighted by atomic mass is 10.0. The van der Waals surface area contributed by atoms with Gasteiger partial charge < -0.3 is 5.32 Å². The SMILES string of the molecule is CC(C)c1ccc(/C=C(\C#N)C(=O)Nc2ccc(Cl)cc2Cl)cc1. The number of anilines is 1. The first-order valence-corrected chi connectivity index (χ1v) is 8.14. The van der Waals surface area contributed by atoms with Gasteiger partial charge in [0.2, 0.25) is 0 Å². The summed E-state index contributed by atoms with van der Waals surface area (Å²) in [7, 11) is 0. The zero-order valence-electron chi connectivity index (χ0n) is 13.3. The molecule has 0 aromatic heterocycles. The Kier molecular flexibility index (Phi) is 6.03. The predicted octanol–water partition coefficient (Wildman–Crippen LogP) is 5.66. The number of nitrogens with zero attached hydrogens (tertiary/aromatic N) is 1. The third-order valence-electron chi connectivity index (χ3n) is 3.46. The minimum absolute atomic E-state index is 0.00156. The maximum absolute atomic E-state index is 12.3. The number of nitrogens with one attached hydrogen (secondary N) is 1. The van der Waals surface area contributed by atoms with Gasteiger partial charge in [0.05, 0.1) is 10.7 Å². The van der Waals surface area contributed by atoms with E-state index in [1.807, 2.05) is 30.3 Å². The highest BCUT2D eigenvalue weighted by atomic mass is 35.5. The Morgan fingerprint density at radius 1 is 1.17 bits per heavy atom. The van der Waals surface area contributed by atoms with Crippen molar-refractivity contribution in [1.82, 2.24) is 0 Å². The quantitative estimate of drug-likeness (QED) is 0.565. The summed E-state index contributed by atoms with van der Waals surface area (Å²) in [4.78, 5) is 12.3. The van der Waals surface area contributed by atoms with Crippen LogP contribution in [-0.2, 0) is 4.79 Å². The maximum atomic E-state index is 12.3. The topological polar surface area (TPSA) is 52.9 Å². The van der Waals surface area contributed by atoms with Crippen LogP contribution in [0.25, 0.3) is 6.08 Å². The Balaban J connectivity index is 2.20. The number of hydrogen-bond donors (Lipinski definition) is 1. The molecule has 2 aromatic rings. The average Bonchev–Trinajstić information content (AvgIpc) is 2.55. The lowest BCUT2D eigenvalue weighted by Crippen LogP contribution is -2.13. The lowest BCUT2D eigenvalue weighted by molar-refractivity contribution is -0.112. The fourth-order valence-electron chi connectivity index (χ4n) is 2.07. The average molecular weight is 359 g/mol. The van der Waals surface area contributed by atoms with E-state index in [9.17, 15) is 10.1 Å². The van der Waals surface area contributed by atoms with Crippen molar-refractivity contribution in [2.75, 3.05) is 5.32 Å². The minimum Gasteiger partial charge on any atom is -0.320 e. The van der Waals surface area contributed by atoms with Gasteiger partial charge in [-0.2, -0.15) is 5.26 Å². The summed E-state index contributed by atoms with van der Waals surface area (Å²) >= 11 is 11.9. The number of benzene rings is 2. The Bertz CT molecular complexity index is 818. The molecule has 1 N–H and O–H groups in total. The second-order valence-electron chi connectivity index (χ2n) is 5.57. The maximum Gasteiger partial charge on any atom is 0.266 e.